The topological polar surface area (TPSA) is 63.1 Å². The highest BCUT2D eigenvalue weighted by molar-refractivity contribution is 6.30. The molecule has 0 radical (unpaired) electrons. The molecule has 0 aromatic carbocycles. The van der Waals surface area contributed by atoms with Crippen LogP contribution in [0.3, 0.4) is 0 Å². The van der Waals surface area contributed by atoms with Gasteiger partial charge in [0.2, 0.25) is 0 Å². The number of aldehydes is 1. The zero-order chi connectivity index (χ0) is 12.0. The Morgan fingerprint density at radius 2 is 2.19 bits per heavy atom. The molecule has 0 saturated heterocycles. The first-order chi connectivity index (χ1) is 7.65. The summed E-state index contributed by atoms with van der Waals surface area (Å²) in [6, 6.07) is 0. The fourth-order valence-electron chi connectivity index (χ4n) is 0.958. The van der Waals surface area contributed by atoms with Crippen LogP contribution in [0, 0.1) is 0 Å². The zero-order valence-corrected chi connectivity index (χ0v) is 9.43. The average molecular weight is 239 g/mol. The minimum Gasteiger partial charge on any atom is -0.387 e. The van der Waals surface area contributed by atoms with Crippen molar-refractivity contribution in [3.05, 3.63) is 41.0 Å². The summed E-state index contributed by atoms with van der Waals surface area (Å²) in [6.07, 6.45) is 7.61. The van der Waals surface area contributed by atoms with Gasteiger partial charge < -0.3 is 5.11 Å². The second-order valence-corrected chi connectivity index (χ2v) is 3.39. The highest BCUT2D eigenvalue weighted by atomic mass is 35.5. The van der Waals surface area contributed by atoms with Crippen molar-refractivity contribution >= 4 is 24.0 Å². The fourth-order valence-corrected chi connectivity index (χ4v) is 1.17. The number of hydrogen-bond donors (Lipinski definition) is 1. The number of halogens is 1. The van der Waals surface area contributed by atoms with Gasteiger partial charge >= 0.3 is 0 Å². The minimum absolute atomic E-state index is 0.217. The van der Waals surface area contributed by atoms with E-state index in [2.05, 4.69) is 9.97 Å². The van der Waals surface area contributed by atoms with E-state index in [1.54, 1.807) is 25.2 Å². The molecule has 4 nitrogen and oxygen atoms in total. The van der Waals surface area contributed by atoms with Crippen molar-refractivity contribution in [1.82, 2.24) is 9.97 Å². The third-order valence-corrected chi connectivity index (χ3v) is 2.04. The smallest absolute Gasteiger partial charge is 0.155 e. The van der Waals surface area contributed by atoms with Crippen LogP contribution >= 0.6 is 11.6 Å². The maximum Gasteiger partial charge on any atom is 0.155 e. The summed E-state index contributed by atoms with van der Waals surface area (Å²) in [7, 11) is 0. The lowest BCUT2D eigenvalue weighted by Gasteiger charge is -2.04. The number of aliphatic hydroxyl groups excluding tert-OH is 1. The number of aromatic nitrogens is 2. The third kappa shape index (κ3) is 3.56. The Morgan fingerprint density at radius 3 is 2.75 bits per heavy atom. The average Bonchev–Trinajstić information content (AvgIpc) is 2.26. The van der Waals surface area contributed by atoms with Gasteiger partial charge in [0.25, 0.3) is 0 Å². The molecule has 0 spiro atoms. The largest absolute Gasteiger partial charge is 0.387 e. The van der Waals surface area contributed by atoms with E-state index in [1.165, 1.54) is 12.3 Å². The van der Waals surface area contributed by atoms with Gasteiger partial charge in [-0.1, -0.05) is 23.8 Å². The van der Waals surface area contributed by atoms with Crippen LogP contribution in [0.2, 0.25) is 5.15 Å². The molecule has 1 N–H and O–H groups in total. The van der Waals surface area contributed by atoms with Gasteiger partial charge in [0, 0.05) is 0 Å². The van der Waals surface area contributed by atoms with Gasteiger partial charge in [-0.15, -0.1) is 0 Å². The summed E-state index contributed by atoms with van der Waals surface area (Å²) >= 11 is 5.86. The van der Waals surface area contributed by atoms with Gasteiger partial charge in [0.05, 0.1) is 18.0 Å². The van der Waals surface area contributed by atoms with Crippen molar-refractivity contribution in [2.45, 2.75) is 13.0 Å². The first kappa shape index (κ1) is 12.5. The molecule has 0 aliphatic heterocycles. The van der Waals surface area contributed by atoms with Crippen LogP contribution in [0.1, 0.15) is 24.4 Å². The number of allylic oxidation sites excluding steroid dienone is 3. The van der Waals surface area contributed by atoms with E-state index in [9.17, 15) is 9.90 Å². The highest BCUT2D eigenvalue weighted by Gasteiger charge is 2.06. The molecule has 1 aromatic heterocycles. The second-order valence-electron chi connectivity index (χ2n) is 3.03. The summed E-state index contributed by atoms with van der Waals surface area (Å²) in [4.78, 5) is 18.0. The monoisotopic (exact) mass is 238 g/mol. The number of aliphatic hydroxyl groups is 1. The van der Waals surface area contributed by atoms with Crippen LogP contribution in [0.4, 0.5) is 0 Å². The summed E-state index contributed by atoms with van der Waals surface area (Å²) in [5.41, 5.74) is 0.909. The molecule has 0 saturated carbocycles. The van der Waals surface area contributed by atoms with Crippen LogP contribution in [-0.4, -0.2) is 21.4 Å². The maximum absolute atomic E-state index is 10.0. The molecule has 0 amide bonds. The Hall–Kier alpha value is -1.52. The summed E-state index contributed by atoms with van der Waals surface area (Å²) in [5.74, 6) is 0. The first-order valence-corrected chi connectivity index (χ1v) is 5.02. The van der Waals surface area contributed by atoms with Crippen LogP contribution < -0.4 is 0 Å². The maximum atomic E-state index is 10.0. The van der Waals surface area contributed by atoms with Gasteiger partial charge in [-0.25, -0.2) is 4.98 Å². The van der Waals surface area contributed by atoms with Crippen LogP contribution in [0.15, 0.2) is 24.4 Å². The molecular weight excluding hydrogens is 228 g/mol. The number of carbonyl (C=O) groups is 1. The molecule has 1 aromatic rings. The van der Waals surface area contributed by atoms with E-state index >= 15 is 0 Å². The van der Waals surface area contributed by atoms with Crippen molar-refractivity contribution in [3.63, 3.8) is 0 Å². The lowest BCUT2D eigenvalue weighted by atomic mass is 10.3. The Bertz CT molecular complexity index is 428. The zero-order valence-electron chi connectivity index (χ0n) is 8.67. The molecule has 0 aliphatic rings. The SMILES string of the molecule is CC(O)c1cnc(/C=C/C=C/C=O)c(Cl)n1. The summed E-state index contributed by atoms with van der Waals surface area (Å²) in [5, 5.41) is 9.47. The molecule has 1 rings (SSSR count). The van der Waals surface area contributed by atoms with Gasteiger partial charge in [0.15, 0.2) is 5.15 Å². The van der Waals surface area contributed by atoms with Crippen molar-refractivity contribution in [2.24, 2.45) is 0 Å². The molecule has 1 atom stereocenters. The van der Waals surface area contributed by atoms with Crippen molar-refractivity contribution in [2.75, 3.05) is 0 Å². The number of hydrogen-bond acceptors (Lipinski definition) is 4. The Morgan fingerprint density at radius 1 is 1.44 bits per heavy atom. The van der Waals surface area contributed by atoms with Crippen LogP contribution in [0.25, 0.3) is 6.08 Å². The van der Waals surface area contributed by atoms with Crippen LogP contribution in [-0.2, 0) is 4.79 Å². The Kier molecular flexibility index (Phi) is 4.82. The van der Waals surface area contributed by atoms with E-state index in [0.717, 1.165) is 0 Å². The van der Waals surface area contributed by atoms with Gasteiger partial charge in [-0.05, 0) is 19.1 Å². The molecule has 0 bridgehead atoms. The van der Waals surface area contributed by atoms with Crippen molar-refractivity contribution < 1.29 is 9.90 Å². The third-order valence-electron chi connectivity index (χ3n) is 1.76. The van der Waals surface area contributed by atoms with Gasteiger partial charge in [0.1, 0.15) is 12.0 Å². The molecule has 84 valence electrons. The number of rotatable bonds is 4. The Balaban J connectivity index is 2.87. The molecule has 1 unspecified atom stereocenters. The lowest BCUT2D eigenvalue weighted by molar-refractivity contribution is -0.104. The molecule has 5 heteroatoms. The standard InChI is InChI=1S/C11H11ClN2O2/c1-8(16)10-7-13-9(11(12)14-10)5-3-2-4-6-15/h2-8,16H,1H3/b4-2+,5-3+. The summed E-state index contributed by atoms with van der Waals surface area (Å²) in [6.45, 7) is 1.59. The highest BCUT2D eigenvalue weighted by Crippen LogP contribution is 2.16. The molecule has 0 fully saturated rings. The normalized spacial score (nSPS) is 13.4. The second kappa shape index (κ2) is 6.15. The Labute approximate surface area is 98.3 Å². The van der Waals surface area contributed by atoms with Crippen LogP contribution in [0.5, 0.6) is 0 Å². The molecule has 1 heterocycles. The first-order valence-electron chi connectivity index (χ1n) is 4.64. The molecule has 0 aliphatic carbocycles. The molecular formula is C11H11ClN2O2. The van der Waals surface area contributed by atoms with E-state index in [0.29, 0.717) is 17.7 Å². The van der Waals surface area contributed by atoms with Gasteiger partial charge in [-0.3, -0.25) is 9.78 Å². The lowest BCUT2D eigenvalue weighted by Crippen LogP contribution is -1.98. The van der Waals surface area contributed by atoms with E-state index in [4.69, 9.17) is 11.6 Å². The fraction of sp³-hybridized carbons (Fsp3) is 0.182. The van der Waals surface area contributed by atoms with E-state index < -0.39 is 6.10 Å². The van der Waals surface area contributed by atoms with Crippen molar-refractivity contribution in [3.8, 4) is 0 Å². The predicted octanol–water partition coefficient (Wildman–Crippen LogP) is 1.95. The minimum atomic E-state index is -0.696. The van der Waals surface area contributed by atoms with Gasteiger partial charge in [-0.2, -0.15) is 0 Å². The van der Waals surface area contributed by atoms with E-state index in [-0.39, 0.29) is 5.15 Å². The predicted molar refractivity (Wildman–Crippen MR) is 61.9 cm³/mol. The quantitative estimate of drug-likeness (QED) is 0.495. The number of carbonyl (C=O) groups excluding carboxylic acids is 1. The molecule has 16 heavy (non-hydrogen) atoms. The summed E-state index contributed by atoms with van der Waals surface area (Å²) < 4.78 is 0. The van der Waals surface area contributed by atoms with E-state index in [1.807, 2.05) is 0 Å². The number of nitrogens with zero attached hydrogens (tertiary/aromatic N) is 2. The van der Waals surface area contributed by atoms with Crippen molar-refractivity contribution in [1.29, 1.82) is 0 Å².